The quantitative estimate of drug-likeness (QED) is 0.329. The Hall–Kier alpha value is -4.40. The first-order valence-electron chi connectivity index (χ1n) is 9.08. The minimum absolute atomic E-state index is 0.0129. The molecular formula is C22H18N2O7. The fraction of sp³-hybridized carbons (Fsp3) is 0.0909. The normalized spacial score (nSPS) is 10.1. The highest BCUT2D eigenvalue weighted by Crippen LogP contribution is 2.28. The first-order chi connectivity index (χ1) is 15.0. The van der Waals surface area contributed by atoms with E-state index in [0.29, 0.717) is 17.2 Å². The molecular weight excluding hydrogens is 404 g/mol. The molecule has 0 heterocycles. The molecule has 0 saturated heterocycles. The van der Waals surface area contributed by atoms with Crippen LogP contribution in [0.4, 0.5) is 11.4 Å². The second kappa shape index (κ2) is 9.88. The summed E-state index contributed by atoms with van der Waals surface area (Å²) < 4.78 is 15.5. The maximum atomic E-state index is 12.1. The summed E-state index contributed by atoms with van der Waals surface area (Å²) in [7, 11) is 1.28. The lowest BCUT2D eigenvalue weighted by atomic mass is 10.2. The second-order valence-corrected chi connectivity index (χ2v) is 6.21. The van der Waals surface area contributed by atoms with Gasteiger partial charge in [0.2, 0.25) is 0 Å². The van der Waals surface area contributed by atoms with E-state index in [-0.39, 0.29) is 17.0 Å². The van der Waals surface area contributed by atoms with Crippen molar-refractivity contribution in [3.63, 3.8) is 0 Å². The van der Waals surface area contributed by atoms with Crippen LogP contribution in [0.3, 0.4) is 0 Å². The minimum atomic E-state index is -0.868. The number of nitro benzene ring substituents is 1. The molecule has 9 heteroatoms. The van der Waals surface area contributed by atoms with Crippen LogP contribution < -0.4 is 14.8 Å². The third kappa shape index (κ3) is 5.80. The van der Waals surface area contributed by atoms with Crippen LogP contribution in [0.2, 0.25) is 0 Å². The summed E-state index contributed by atoms with van der Waals surface area (Å²) in [5.74, 6) is -0.138. The van der Waals surface area contributed by atoms with Gasteiger partial charge in [-0.2, -0.15) is 0 Å². The number of benzene rings is 3. The first kappa shape index (κ1) is 21.3. The number of esters is 1. The van der Waals surface area contributed by atoms with Crippen molar-refractivity contribution >= 4 is 23.3 Å². The van der Waals surface area contributed by atoms with E-state index in [0.717, 1.165) is 6.07 Å². The number of anilines is 1. The van der Waals surface area contributed by atoms with Gasteiger partial charge in [-0.05, 0) is 48.5 Å². The van der Waals surface area contributed by atoms with E-state index in [4.69, 9.17) is 14.2 Å². The van der Waals surface area contributed by atoms with Gasteiger partial charge in [-0.15, -0.1) is 0 Å². The van der Waals surface area contributed by atoms with E-state index in [1.54, 1.807) is 24.3 Å². The molecule has 158 valence electrons. The summed E-state index contributed by atoms with van der Waals surface area (Å²) >= 11 is 0. The van der Waals surface area contributed by atoms with E-state index in [2.05, 4.69) is 5.32 Å². The number of nitrogens with one attached hydrogen (secondary N) is 1. The Kier molecular flexibility index (Phi) is 6.79. The van der Waals surface area contributed by atoms with Gasteiger partial charge in [0.1, 0.15) is 11.5 Å². The third-order valence-corrected chi connectivity index (χ3v) is 4.06. The number of nitro groups is 1. The predicted molar refractivity (Wildman–Crippen MR) is 112 cm³/mol. The highest BCUT2D eigenvalue weighted by atomic mass is 16.6. The minimum Gasteiger partial charge on any atom is -0.490 e. The molecule has 0 atom stereocenters. The molecule has 0 spiro atoms. The zero-order chi connectivity index (χ0) is 22.2. The average Bonchev–Trinajstić information content (AvgIpc) is 2.79. The lowest BCUT2D eigenvalue weighted by Gasteiger charge is -2.09. The molecule has 31 heavy (non-hydrogen) atoms. The number of hydrogen-bond donors (Lipinski definition) is 1. The first-order valence-corrected chi connectivity index (χ1v) is 9.08. The Morgan fingerprint density at radius 1 is 0.968 bits per heavy atom. The van der Waals surface area contributed by atoms with Crippen molar-refractivity contribution < 1.29 is 28.7 Å². The van der Waals surface area contributed by atoms with Crippen LogP contribution in [0.25, 0.3) is 0 Å². The molecule has 0 aromatic heterocycles. The number of methoxy groups -OCH3 is 1. The molecule has 3 aromatic rings. The van der Waals surface area contributed by atoms with Crippen molar-refractivity contribution in [1.29, 1.82) is 0 Å². The number of hydrogen-bond acceptors (Lipinski definition) is 7. The summed E-state index contributed by atoms with van der Waals surface area (Å²) in [5, 5.41) is 13.6. The molecule has 9 nitrogen and oxygen atoms in total. The Morgan fingerprint density at radius 2 is 1.65 bits per heavy atom. The van der Waals surface area contributed by atoms with Gasteiger partial charge in [0.15, 0.2) is 12.4 Å². The van der Waals surface area contributed by atoms with Crippen LogP contribution in [0.5, 0.6) is 17.2 Å². The van der Waals surface area contributed by atoms with Crippen molar-refractivity contribution in [3.05, 3.63) is 88.5 Å². The van der Waals surface area contributed by atoms with Crippen molar-refractivity contribution in [2.75, 3.05) is 19.0 Å². The molecule has 3 aromatic carbocycles. The highest BCUT2D eigenvalue weighted by molar-refractivity contribution is 5.96. The standard InChI is InChI=1S/C22H18N2O7/c1-29-20-12-7-15(13-19(20)24(27)28)22(26)30-14-21(25)23-16-8-10-18(11-9-16)31-17-5-3-2-4-6-17/h2-13H,14H2,1H3,(H,23,25). The molecule has 1 amide bonds. The Labute approximate surface area is 177 Å². The van der Waals surface area contributed by atoms with Crippen molar-refractivity contribution in [1.82, 2.24) is 0 Å². The van der Waals surface area contributed by atoms with Crippen LogP contribution in [0.15, 0.2) is 72.8 Å². The maximum Gasteiger partial charge on any atom is 0.338 e. The summed E-state index contributed by atoms with van der Waals surface area (Å²) in [4.78, 5) is 34.5. The molecule has 0 saturated carbocycles. The number of carbonyl (C=O) groups excluding carboxylic acids is 2. The maximum absolute atomic E-state index is 12.1. The fourth-order valence-electron chi connectivity index (χ4n) is 2.60. The predicted octanol–water partition coefficient (Wildman–Crippen LogP) is 4.19. The van der Waals surface area contributed by atoms with Gasteiger partial charge in [0, 0.05) is 11.8 Å². The van der Waals surface area contributed by atoms with E-state index in [1.807, 2.05) is 30.3 Å². The van der Waals surface area contributed by atoms with Crippen LogP contribution in [-0.2, 0) is 9.53 Å². The number of ether oxygens (including phenoxy) is 3. The second-order valence-electron chi connectivity index (χ2n) is 6.21. The number of para-hydroxylation sites is 1. The monoisotopic (exact) mass is 422 g/mol. The van der Waals surface area contributed by atoms with Gasteiger partial charge in [-0.25, -0.2) is 4.79 Å². The number of amides is 1. The lowest BCUT2D eigenvalue weighted by Crippen LogP contribution is -2.21. The molecule has 0 aliphatic rings. The van der Waals surface area contributed by atoms with Gasteiger partial charge < -0.3 is 19.5 Å². The summed E-state index contributed by atoms with van der Waals surface area (Å²) in [6.07, 6.45) is 0. The van der Waals surface area contributed by atoms with Crippen molar-refractivity contribution in [2.24, 2.45) is 0 Å². The highest BCUT2D eigenvalue weighted by Gasteiger charge is 2.19. The molecule has 3 rings (SSSR count). The smallest absolute Gasteiger partial charge is 0.338 e. The summed E-state index contributed by atoms with van der Waals surface area (Å²) in [6.45, 7) is -0.555. The molecule has 1 N–H and O–H groups in total. The van der Waals surface area contributed by atoms with Crippen molar-refractivity contribution in [2.45, 2.75) is 0 Å². The van der Waals surface area contributed by atoms with Gasteiger partial charge in [-0.1, -0.05) is 18.2 Å². The van der Waals surface area contributed by atoms with E-state index in [9.17, 15) is 19.7 Å². The Balaban J connectivity index is 1.53. The molecule has 0 unspecified atom stereocenters. The van der Waals surface area contributed by atoms with Crippen LogP contribution in [-0.4, -0.2) is 30.5 Å². The van der Waals surface area contributed by atoms with Gasteiger partial charge in [0.25, 0.3) is 5.91 Å². The Morgan fingerprint density at radius 3 is 2.29 bits per heavy atom. The van der Waals surface area contributed by atoms with Crippen molar-refractivity contribution in [3.8, 4) is 17.2 Å². The SMILES string of the molecule is COc1ccc(C(=O)OCC(=O)Nc2ccc(Oc3ccccc3)cc2)cc1[N+](=O)[O-]. The molecule has 0 bridgehead atoms. The van der Waals surface area contributed by atoms with Crippen LogP contribution in [0.1, 0.15) is 10.4 Å². The average molecular weight is 422 g/mol. The molecule has 0 fully saturated rings. The topological polar surface area (TPSA) is 117 Å². The van der Waals surface area contributed by atoms with E-state index >= 15 is 0 Å². The van der Waals surface area contributed by atoms with Gasteiger partial charge in [0.05, 0.1) is 17.6 Å². The molecule has 0 aliphatic carbocycles. The largest absolute Gasteiger partial charge is 0.490 e. The van der Waals surface area contributed by atoms with Crippen LogP contribution >= 0.6 is 0 Å². The fourth-order valence-corrected chi connectivity index (χ4v) is 2.60. The van der Waals surface area contributed by atoms with E-state index < -0.39 is 23.4 Å². The zero-order valence-electron chi connectivity index (χ0n) is 16.4. The third-order valence-electron chi connectivity index (χ3n) is 4.06. The van der Waals surface area contributed by atoms with E-state index in [1.165, 1.54) is 19.2 Å². The zero-order valence-corrected chi connectivity index (χ0v) is 16.4. The summed E-state index contributed by atoms with van der Waals surface area (Å²) in [6, 6.07) is 19.5. The summed E-state index contributed by atoms with van der Waals surface area (Å²) in [5.41, 5.74) is 0.0449. The number of nitrogens with zero attached hydrogens (tertiary/aromatic N) is 1. The lowest BCUT2D eigenvalue weighted by molar-refractivity contribution is -0.385. The number of carbonyl (C=O) groups is 2. The number of rotatable bonds is 8. The van der Waals surface area contributed by atoms with Gasteiger partial charge in [-0.3, -0.25) is 14.9 Å². The molecule has 0 aliphatic heterocycles. The Bertz CT molecular complexity index is 1080. The van der Waals surface area contributed by atoms with Gasteiger partial charge >= 0.3 is 11.7 Å². The van der Waals surface area contributed by atoms with Crippen LogP contribution in [0, 0.1) is 10.1 Å². The molecule has 0 radical (unpaired) electrons.